The van der Waals surface area contributed by atoms with Crippen molar-refractivity contribution in [2.75, 3.05) is 17.2 Å². The number of amides is 2. The van der Waals surface area contributed by atoms with Gasteiger partial charge in [0.05, 0.1) is 10.6 Å². The van der Waals surface area contributed by atoms with E-state index in [0.29, 0.717) is 38.0 Å². The van der Waals surface area contributed by atoms with Crippen LogP contribution in [0, 0.1) is 11.3 Å². The Hall–Kier alpha value is -4.97. The molecule has 10 nitrogen and oxygen atoms in total. The van der Waals surface area contributed by atoms with Gasteiger partial charge < -0.3 is 26.6 Å². The number of nitrogens with zero attached hydrogens (tertiary/aromatic N) is 2. The summed E-state index contributed by atoms with van der Waals surface area (Å²) >= 11 is 7.41. The van der Waals surface area contributed by atoms with E-state index in [0.717, 1.165) is 0 Å². The third kappa shape index (κ3) is 8.76. The Labute approximate surface area is 251 Å². The first-order valence-corrected chi connectivity index (χ1v) is 13.3. The van der Waals surface area contributed by atoms with Crippen molar-refractivity contribution in [1.29, 1.82) is 5.26 Å². The van der Waals surface area contributed by atoms with E-state index in [2.05, 4.69) is 21.7 Å². The van der Waals surface area contributed by atoms with Crippen LogP contribution in [0.1, 0.15) is 21.7 Å². The lowest BCUT2D eigenvalue weighted by atomic mass is 9.97. The quantitative estimate of drug-likeness (QED) is 0.168. The van der Waals surface area contributed by atoms with Crippen LogP contribution < -0.4 is 16.4 Å². The number of rotatable bonds is 7. The molecule has 0 fully saturated rings. The Balaban J connectivity index is 0.000000646. The zero-order valence-corrected chi connectivity index (χ0v) is 23.3. The highest BCUT2D eigenvalue weighted by Crippen LogP contribution is 2.37. The summed E-state index contributed by atoms with van der Waals surface area (Å²) in [5.74, 6) is -3.46. The van der Waals surface area contributed by atoms with E-state index in [4.69, 9.17) is 27.2 Å². The first-order chi connectivity index (χ1) is 20.3. The lowest BCUT2D eigenvalue weighted by molar-refractivity contribution is -0.192. The number of halogens is 4. The first-order valence-electron chi connectivity index (χ1n) is 12.0. The number of aliphatic carboxylic acids is 1. The number of phenols is 1. The number of nitrogens with one attached hydrogen (secondary N) is 2. The predicted molar refractivity (Wildman–Crippen MR) is 155 cm³/mol. The molecule has 4 aromatic rings. The van der Waals surface area contributed by atoms with E-state index in [1.165, 1.54) is 23.5 Å². The summed E-state index contributed by atoms with van der Waals surface area (Å²) in [4.78, 5) is 38.7. The molecule has 15 heteroatoms. The molecule has 0 bridgehead atoms. The van der Waals surface area contributed by atoms with Gasteiger partial charge in [-0.25, -0.2) is 9.78 Å². The number of aromatic hydroxyl groups is 1. The molecule has 222 valence electrons. The number of hydrogen-bond donors (Lipinski definition) is 5. The van der Waals surface area contributed by atoms with Gasteiger partial charge in [-0.3, -0.25) is 9.59 Å². The number of phenolic OH excluding ortho intramolecular Hbond substituents is 1. The van der Waals surface area contributed by atoms with E-state index >= 15 is 0 Å². The largest absolute Gasteiger partial charge is 0.507 e. The third-order valence-electron chi connectivity index (χ3n) is 5.41. The Morgan fingerprint density at radius 3 is 2.37 bits per heavy atom. The minimum absolute atomic E-state index is 0.0281. The van der Waals surface area contributed by atoms with E-state index in [-0.39, 0.29) is 36.0 Å². The molecule has 0 saturated heterocycles. The lowest BCUT2D eigenvalue weighted by Crippen LogP contribution is -2.21. The number of carboxylic acids is 1. The second-order valence-corrected chi connectivity index (χ2v) is 9.84. The maximum absolute atomic E-state index is 12.8. The monoisotopic (exact) mass is 631 g/mol. The molecule has 0 unspecified atom stereocenters. The summed E-state index contributed by atoms with van der Waals surface area (Å²) in [5.41, 5.74) is 7.75. The summed E-state index contributed by atoms with van der Waals surface area (Å²) in [7, 11) is 0. The van der Waals surface area contributed by atoms with Crippen LogP contribution in [0.25, 0.3) is 22.4 Å². The Morgan fingerprint density at radius 2 is 1.77 bits per heavy atom. The van der Waals surface area contributed by atoms with E-state index in [9.17, 15) is 33.1 Å². The van der Waals surface area contributed by atoms with Crippen LogP contribution >= 0.6 is 22.9 Å². The fraction of sp³-hybridized carbons (Fsp3) is 0.107. The number of anilines is 2. The zero-order valence-electron chi connectivity index (χ0n) is 21.8. The second-order valence-electron chi connectivity index (χ2n) is 8.45. The molecule has 6 N–H and O–H groups in total. The number of thiophene rings is 1. The van der Waals surface area contributed by atoms with Crippen molar-refractivity contribution >= 4 is 52.2 Å². The van der Waals surface area contributed by atoms with Gasteiger partial charge in [0, 0.05) is 34.8 Å². The van der Waals surface area contributed by atoms with Crippen LogP contribution in [0.5, 0.6) is 5.75 Å². The number of hydrogen-bond acceptors (Lipinski definition) is 8. The molecule has 0 aliphatic heterocycles. The van der Waals surface area contributed by atoms with Gasteiger partial charge in [-0.2, -0.15) is 18.4 Å². The number of aromatic nitrogens is 1. The van der Waals surface area contributed by atoms with Crippen molar-refractivity contribution < 1.29 is 37.8 Å². The van der Waals surface area contributed by atoms with Gasteiger partial charge in [-0.05, 0) is 53.4 Å². The smallest absolute Gasteiger partial charge is 0.490 e. The standard InChI is InChI=1S/C26H20ClN5O3S.C2HF3O2/c27-16-6-7-22(33)19(12-16)21-13-18(15-3-1-4-17(11-15)30-24(34)8-9-28)20(14-29)25(31-21)32-26(35)23-5-2-10-36-23;3-2(4,5)1(6)7/h1-7,10-13,33H,8-9,28H2,(H,30,34)(H,31,32,35);(H,6,7). The number of nitriles is 1. The fourth-order valence-electron chi connectivity index (χ4n) is 3.52. The van der Waals surface area contributed by atoms with Crippen molar-refractivity contribution in [3.05, 3.63) is 81.5 Å². The van der Waals surface area contributed by atoms with Crippen molar-refractivity contribution in [3.8, 4) is 34.2 Å². The van der Waals surface area contributed by atoms with Crippen molar-refractivity contribution in [2.45, 2.75) is 12.6 Å². The maximum atomic E-state index is 12.8. The molecule has 4 rings (SSSR count). The molecular weight excluding hydrogens is 611 g/mol. The van der Waals surface area contributed by atoms with E-state index in [1.807, 2.05) is 0 Å². The molecule has 0 atom stereocenters. The van der Waals surface area contributed by atoms with Crippen LogP contribution in [0.3, 0.4) is 0 Å². The molecule has 2 heterocycles. The zero-order chi connectivity index (χ0) is 31.7. The van der Waals surface area contributed by atoms with Crippen LogP contribution in [0.15, 0.2) is 66.0 Å². The Kier molecular flexibility index (Phi) is 10.8. The fourth-order valence-corrected chi connectivity index (χ4v) is 4.31. The van der Waals surface area contributed by atoms with Gasteiger partial charge >= 0.3 is 12.1 Å². The molecule has 2 aromatic carbocycles. The lowest BCUT2D eigenvalue weighted by Gasteiger charge is -2.15. The van der Waals surface area contributed by atoms with Crippen molar-refractivity contribution in [2.24, 2.45) is 5.73 Å². The van der Waals surface area contributed by atoms with Crippen LogP contribution in [-0.2, 0) is 9.59 Å². The average Bonchev–Trinajstić information content (AvgIpc) is 3.49. The van der Waals surface area contributed by atoms with Crippen LogP contribution in [0.4, 0.5) is 24.7 Å². The SMILES string of the molecule is N#Cc1c(-c2cccc(NC(=O)CCN)c2)cc(-c2cc(Cl)ccc2O)nc1NC(=O)c1cccs1.O=C(O)C(F)(F)F. The van der Waals surface area contributed by atoms with Crippen LogP contribution in [-0.4, -0.2) is 45.7 Å². The van der Waals surface area contributed by atoms with Crippen molar-refractivity contribution in [3.63, 3.8) is 0 Å². The van der Waals surface area contributed by atoms with Crippen LogP contribution in [0.2, 0.25) is 5.02 Å². The number of benzene rings is 2. The average molecular weight is 632 g/mol. The number of carbonyl (C=O) groups excluding carboxylic acids is 2. The van der Waals surface area contributed by atoms with Gasteiger partial charge in [-0.15, -0.1) is 11.3 Å². The number of carbonyl (C=O) groups is 3. The molecule has 0 spiro atoms. The molecular formula is C28H21ClF3N5O5S. The molecule has 2 aromatic heterocycles. The summed E-state index contributed by atoms with van der Waals surface area (Å²) in [5, 5.41) is 35.3. The molecule has 2 amide bonds. The highest BCUT2D eigenvalue weighted by atomic mass is 35.5. The van der Waals surface area contributed by atoms with Gasteiger partial charge in [0.2, 0.25) is 5.91 Å². The molecule has 0 aliphatic rings. The maximum Gasteiger partial charge on any atom is 0.490 e. The number of carboxylic acid groups (broad SMARTS) is 1. The summed E-state index contributed by atoms with van der Waals surface area (Å²) in [6.45, 7) is 0.217. The molecule has 0 radical (unpaired) electrons. The number of pyridine rings is 1. The number of alkyl halides is 3. The Morgan fingerprint density at radius 1 is 1.05 bits per heavy atom. The summed E-state index contributed by atoms with van der Waals surface area (Å²) in [6.07, 6.45) is -4.92. The van der Waals surface area contributed by atoms with Gasteiger partial charge in [0.1, 0.15) is 17.4 Å². The highest BCUT2D eigenvalue weighted by Gasteiger charge is 2.38. The normalized spacial score (nSPS) is 10.6. The first kappa shape index (κ1) is 32.5. The number of nitrogens with two attached hydrogens (primary N) is 1. The minimum atomic E-state index is -5.08. The summed E-state index contributed by atoms with van der Waals surface area (Å²) < 4.78 is 31.7. The minimum Gasteiger partial charge on any atom is -0.507 e. The molecule has 0 saturated carbocycles. The van der Waals surface area contributed by atoms with Gasteiger partial charge in [0.25, 0.3) is 5.91 Å². The second kappa shape index (κ2) is 14.3. The highest BCUT2D eigenvalue weighted by molar-refractivity contribution is 7.12. The van der Waals surface area contributed by atoms with Gasteiger partial charge in [0.15, 0.2) is 5.82 Å². The van der Waals surface area contributed by atoms with Crippen molar-refractivity contribution in [1.82, 2.24) is 4.98 Å². The summed E-state index contributed by atoms with van der Waals surface area (Å²) in [6, 6.07) is 18.6. The van der Waals surface area contributed by atoms with Gasteiger partial charge in [-0.1, -0.05) is 29.8 Å². The topological polar surface area (TPSA) is 178 Å². The Bertz CT molecular complexity index is 1690. The van der Waals surface area contributed by atoms with E-state index in [1.54, 1.807) is 53.9 Å². The van der Waals surface area contributed by atoms with E-state index < -0.39 is 18.1 Å². The molecule has 0 aliphatic carbocycles. The predicted octanol–water partition coefficient (Wildman–Crippen LogP) is 5.88. The third-order valence-corrected chi connectivity index (χ3v) is 6.52. The molecule has 43 heavy (non-hydrogen) atoms.